The van der Waals surface area contributed by atoms with Crippen LogP contribution >= 0.6 is 0 Å². The van der Waals surface area contributed by atoms with E-state index < -0.39 is 86.8 Å². The van der Waals surface area contributed by atoms with E-state index in [1.54, 1.807) is 6.08 Å². The Kier molecular flexibility index (Phi) is 53.6. The molecule has 2 rings (SSSR count). The average molecular weight is 1240 g/mol. The van der Waals surface area contributed by atoms with Gasteiger partial charge >= 0.3 is 0 Å². The highest BCUT2D eigenvalue weighted by Gasteiger charge is 2.51. The summed E-state index contributed by atoms with van der Waals surface area (Å²) in [5, 5.41) is 87.3. The van der Waals surface area contributed by atoms with E-state index in [1.807, 2.05) is 6.08 Å². The van der Waals surface area contributed by atoms with Crippen molar-refractivity contribution < 1.29 is 64.6 Å². The van der Waals surface area contributed by atoms with Crippen LogP contribution < -0.4 is 5.32 Å². The summed E-state index contributed by atoms with van der Waals surface area (Å²) < 4.78 is 22.8. The second-order valence-corrected chi connectivity index (χ2v) is 25.0. The van der Waals surface area contributed by atoms with Gasteiger partial charge in [0.05, 0.1) is 32.0 Å². The third kappa shape index (κ3) is 41.6. The van der Waals surface area contributed by atoms with Crippen molar-refractivity contribution in [1.82, 2.24) is 5.32 Å². The molecule has 0 aromatic rings. The lowest BCUT2D eigenvalue weighted by atomic mass is 9.97. The van der Waals surface area contributed by atoms with E-state index in [2.05, 4.69) is 92.1 Å². The number of amides is 1. The lowest BCUT2D eigenvalue weighted by Gasteiger charge is -2.46. The molecule has 0 radical (unpaired) electrons. The van der Waals surface area contributed by atoms with Gasteiger partial charge in [-0.2, -0.15) is 0 Å². The number of unbranched alkanes of at least 4 members (excludes halogenated alkanes) is 33. The third-order valence-electron chi connectivity index (χ3n) is 17.1. The predicted octanol–water partition coefficient (Wildman–Crippen LogP) is 14.8. The molecule has 2 saturated heterocycles. The summed E-state index contributed by atoms with van der Waals surface area (Å²) in [6, 6.07) is -0.934. The molecule has 2 heterocycles. The monoisotopic (exact) mass is 1240 g/mol. The molecule has 0 saturated carbocycles. The number of carbonyl (C=O) groups is 1. The third-order valence-corrected chi connectivity index (χ3v) is 17.1. The van der Waals surface area contributed by atoms with Crippen molar-refractivity contribution in [2.24, 2.45) is 0 Å². The van der Waals surface area contributed by atoms with Gasteiger partial charge in [0.25, 0.3) is 0 Å². The largest absolute Gasteiger partial charge is 0.394 e. The van der Waals surface area contributed by atoms with Gasteiger partial charge in [-0.15, -0.1) is 0 Å². The lowest BCUT2D eigenvalue weighted by Crippen LogP contribution is -2.65. The maximum absolute atomic E-state index is 13.3. The molecule has 12 atom stereocenters. The molecule has 12 unspecified atom stereocenters. The number of carbonyl (C=O) groups excluding carboxylic acids is 1. The Morgan fingerprint density at radius 3 is 1.25 bits per heavy atom. The number of nitrogens with one attached hydrogen (secondary N) is 1. The number of allylic oxidation sites excluding steroid dienone is 13. The van der Waals surface area contributed by atoms with Crippen molar-refractivity contribution in [3.63, 3.8) is 0 Å². The van der Waals surface area contributed by atoms with Gasteiger partial charge in [0, 0.05) is 6.42 Å². The smallest absolute Gasteiger partial charge is 0.220 e. The fraction of sp³-hybridized carbons (Fsp3) is 0.797. The van der Waals surface area contributed by atoms with Crippen LogP contribution in [0.3, 0.4) is 0 Å². The summed E-state index contributed by atoms with van der Waals surface area (Å²) in [6.45, 7) is 2.69. The second kappa shape index (κ2) is 58.0. The van der Waals surface area contributed by atoms with E-state index in [9.17, 15) is 45.6 Å². The molecular formula is C74H131NO13. The average Bonchev–Trinajstić information content (AvgIpc) is 2.07. The summed E-state index contributed by atoms with van der Waals surface area (Å²) in [5.41, 5.74) is 0. The van der Waals surface area contributed by atoms with Crippen molar-refractivity contribution in [3.8, 4) is 0 Å². The minimum atomic E-state index is -1.79. The zero-order valence-electron chi connectivity index (χ0n) is 55.4. The number of aliphatic hydroxyl groups is 8. The van der Waals surface area contributed by atoms with E-state index >= 15 is 0 Å². The Hall–Kier alpha value is -2.83. The minimum Gasteiger partial charge on any atom is -0.394 e. The Morgan fingerprint density at radius 2 is 0.795 bits per heavy atom. The highest BCUT2D eigenvalue weighted by atomic mass is 16.7. The standard InChI is InChI=1S/C74H131NO13/c1-3-5-7-9-11-13-15-17-19-21-22-23-24-25-26-27-28-29-30-31-32-33-34-35-36-37-38-39-40-42-44-46-48-50-52-54-56-58-66(79)75-62(63(78)57-55-53-51-49-47-45-43-41-20-18-16-14-12-10-8-6-4-2)61-85-73-71(84)69(82)72(65(60-77)87-73)88-74-70(83)68(81)67(80)64(59-76)86-74/h5,7,11,13,17,19,22-23,25-26,47,49,55,57,62-65,67-74,76-78,80-84H,3-4,6,8-10,12,14-16,18,20-21,24,27-46,48,50-54,56,58-61H2,1-2H3,(H,75,79)/b7-5-,13-11-,19-17-,23-22-,26-25-,49-47+,57-55+. The molecule has 2 aliphatic rings. The van der Waals surface area contributed by atoms with Gasteiger partial charge in [-0.05, 0) is 77.0 Å². The minimum absolute atomic E-state index is 0.247. The van der Waals surface area contributed by atoms with Gasteiger partial charge in [0.2, 0.25) is 5.91 Å². The highest BCUT2D eigenvalue weighted by molar-refractivity contribution is 5.76. The van der Waals surface area contributed by atoms with E-state index in [1.165, 1.54) is 186 Å². The molecule has 14 nitrogen and oxygen atoms in total. The Labute approximate surface area is 535 Å². The van der Waals surface area contributed by atoms with Crippen molar-refractivity contribution in [2.75, 3.05) is 19.8 Å². The molecule has 0 spiro atoms. The number of aliphatic hydroxyl groups excluding tert-OH is 8. The number of hydrogen-bond donors (Lipinski definition) is 9. The van der Waals surface area contributed by atoms with Gasteiger partial charge in [-0.1, -0.05) is 285 Å². The summed E-state index contributed by atoms with van der Waals surface area (Å²) in [6.07, 6.45) is 63.7. The fourth-order valence-corrected chi connectivity index (χ4v) is 11.4. The van der Waals surface area contributed by atoms with E-state index in [-0.39, 0.29) is 18.9 Å². The molecule has 1 amide bonds. The first kappa shape index (κ1) is 81.3. The SMILES string of the molecule is CC/C=C\C/C=C\C/C=C\C/C=C\C/C=C\CCCCCCCCCCCCCCCCCCCCCCCC(=O)NC(COC1OC(CO)C(OC2OC(CO)C(O)C(O)C2O)C(O)C1O)C(O)/C=C/CC/C=C/CCCCCCCCCCCCC. The second-order valence-electron chi connectivity index (χ2n) is 25.0. The van der Waals surface area contributed by atoms with Gasteiger partial charge in [-0.3, -0.25) is 4.79 Å². The van der Waals surface area contributed by atoms with E-state index in [0.717, 1.165) is 64.2 Å². The zero-order valence-corrected chi connectivity index (χ0v) is 55.4. The van der Waals surface area contributed by atoms with Crippen LogP contribution in [0.5, 0.6) is 0 Å². The van der Waals surface area contributed by atoms with Crippen molar-refractivity contribution in [1.29, 1.82) is 0 Å². The van der Waals surface area contributed by atoms with Crippen molar-refractivity contribution in [2.45, 2.75) is 357 Å². The molecule has 2 aliphatic heterocycles. The molecule has 14 heteroatoms. The summed E-state index contributed by atoms with van der Waals surface area (Å²) >= 11 is 0. The molecule has 88 heavy (non-hydrogen) atoms. The molecule has 9 N–H and O–H groups in total. The highest BCUT2D eigenvalue weighted by Crippen LogP contribution is 2.30. The van der Waals surface area contributed by atoms with E-state index in [0.29, 0.717) is 12.8 Å². The van der Waals surface area contributed by atoms with Crippen molar-refractivity contribution >= 4 is 5.91 Å². The normalized spacial score (nSPS) is 23.7. The Morgan fingerprint density at radius 1 is 0.420 bits per heavy atom. The Bertz CT molecular complexity index is 1800. The first-order valence-electron chi connectivity index (χ1n) is 35.8. The molecule has 510 valence electrons. The van der Waals surface area contributed by atoms with Crippen LogP contribution in [0.2, 0.25) is 0 Å². The quantitative estimate of drug-likeness (QED) is 0.0204. The fourth-order valence-electron chi connectivity index (χ4n) is 11.4. The van der Waals surface area contributed by atoms with Crippen LogP contribution in [0.4, 0.5) is 0 Å². The zero-order chi connectivity index (χ0) is 63.8. The van der Waals surface area contributed by atoms with Crippen LogP contribution in [0.25, 0.3) is 0 Å². The molecule has 0 aromatic carbocycles. The number of rotatable bonds is 58. The van der Waals surface area contributed by atoms with Crippen LogP contribution in [0.15, 0.2) is 85.1 Å². The van der Waals surface area contributed by atoms with Crippen LogP contribution in [0.1, 0.15) is 284 Å². The van der Waals surface area contributed by atoms with Crippen LogP contribution in [0, 0.1) is 0 Å². The Balaban J connectivity index is 1.61. The predicted molar refractivity (Wildman–Crippen MR) is 360 cm³/mol. The summed E-state index contributed by atoms with van der Waals surface area (Å²) in [4.78, 5) is 13.3. The van der Waals surface area contributed by atoms with Gasteiger partial charge in [0.1, 0.15) is 48.8 Å². The number of ether oxygens (including phenoxy) is 4. The van der Waals surface area contributed by atoms with Crippen LogP contribution in [-0.2, 0) is 23.7 Å². The molecule has 0 aromatic heterocycles. The van der Waals surface area contributed by atoms with Gasteiger partial charge in [-0.25, -0.2) is 0 Å². The van der Waals surface area contributed by atoms with Gasteiger partial charge < -0.3 is 65.1 Å². The molecular weight excluding hydrogens is 1110 g/mol. The van der Waals surface area contributed by atoms with Crippen molar-refractivity contribution in [3.05, 3.63) is 85.1 Å². The number of hydrogen-bond acceptors (Lipinski definition) is 13. The first-order chi connectivity index (χ1) is 43.1. The summed E-state index contributed by atoms with van der Waals surface area (Å²) in [5.74, 6) is -0.247. The maximum Gasteiger partial charge on any atom is 0.220 e. The maximum atomic E-state index is 13.3. The molecule has 2 fully saturated rings. The van der Waals surface area contributed by atoms with Crippen LogP contribution in [-0.4, -0.2) is 140 Å². The molecule has 0 aliphatic carbocycles. The van der Waals surface area contributed by atoms with E-state index in [4.69, 9.17) is 18.9 Å². The molecule has 0 bridgehead atoms. The topological polar surface area (TPSA) is 228 Å². The summed E-state index contributed by atoms with van der Waals surface area (Å²) in [7, 11) is 0. The van der Waals surface area contributed by atoms with Gasteiger partial charge in [0.15, 0.2) is 12.6 Å². The first-order valence-corrected chi connectivity index (χ1v) is 35.8. The lowest BCUT2D eigenvalue weighted by molar-refractivity contribution is -0.359.